The van der Waals surface area contributed by atoms with Gasteiger partial charge in [-0.15, -0.1) is 0 Å². The second-order valence-electron chi connectivity index (χ2n) is 6.34. The number of hydrazine groups is 1. The van der Waals surface area contributed by atoms with Crippen molar-refractivity contribution in [2.24, 2.45) is 11.6 Å². The van der Waals surface area contributed by atoms with Crippen molar-refractivity contribution in [3.63, 3.8) is 0 Å². The zero-order valence-electron chi connectivity index (χ0n) is 16.9. The fraction of sp³-hybridized carbons (Fsp3) is 0.444. The Morgan fingerprint density at radius 3 is 2.60 bits per heavy atom. The second kappa shape index (κ2) is 10.9. The summed E-state index contributed by atoms with van der Waals surface area (Å²) < 4.78 is 39.6. The van der Waals surface area contributed by atoms with Crippen molar-refractivity contribution < 1.29 is 23.0 Å². The molecule has 9 nitrogen and oxygen atoms in total. The maximum absolute atomic E-state index is 14.7. The van der Waals surface area contributed by atoms with Crippen LogP contribution >= 0.6 is 12.2 Å². The average Bonchev–Trinajstić information content (AvgIpc) is 3.04. The highest BCUT2D eigenvalue weighted by Gasteiger charge is 2.31. The number of nitrogens with two attached hydrogens (primary N) is 2. The minimum atomic E-state index is -0.853. The number of amides is 1. The number of halogens is 2. The minimum Gasteiger partial charge on any atom is -0.471 e. The lowest BCUT2D eigenvalue weighted by Gasteiger charge is -2.22. The molecule has 166 valence electrons. The van der Waals surface area contributed by atoms with Crippen LogP contribution in [-0.2, 0) is 14.3 Å². The van der Waals surface area contributed by atoms with E-state index < -0.39 is 11.6 Å². The number of benzene rings is 1. The van der Waals surface area contributed by atoms with Crippen LogP contribution in [-0.4, -0.2) is 55.7 Å². The van der Waals surface area contributed by atoms with Crippen LogP contribution in [0.4, 0.5) is 20.2 Å². The molecule has 1 amide bonds. The van der Waals surface area contributed by atoms with Gasteiger partial charge in [0.25, 0.3) is 5.17 Å². The van der Waals surface area contributed by atoms with Crippen molar-refractivity contribution in [3.05, 3.63) is 35.7 Å². The molecule has 0 saturated carbocycles. The molecule has 0 atom stereocenters. The Bertz CT molecular complexity index is 787. The van der Waals surface area contributed by atoms with Crippen LogP contribution in [0.2, 0.25) is 0 Å². The van der Waals surface area contributed by atoms with Crippen LogP contribution < -0.4 is 26.8 Å². The molecule has 1 aliphatic rings. The molecule has 1 aliphatic heterocycles. The first-order valence-corrected chi connectivity index (χ1v) is 9.67. The van der Waals surface area contributed by atoms with Crippen LogP contribution in [0.25, 0.3) is 0 Å². The Hall–Kier alpha value is -2.70. The Morgan fingerprint density at radius 2 is 2.00 bits per heavy atom. The van der Waals surface area contributed by atoms with Gasteiger partial charge in [-0.05, 0) is 26.1 Å². The van der Waals surface area contributed by atoms with Gasteiger partial charge in [-0.3, -0.25) is 9.80 Å². The first-order valence-electron chi connectivity index (χ1n) is 9.27. The Balaban J connectivity index is 2.09. The highest BCUT2D eigenvalue weighted by atomic mass is 32.1. The smallest absolute Gasteiger partial charge is 0.256 e. The highest BCUT2D eigenvalue weighted by molar-refractivity contribution is 7.80. The zero-order valence-corrected chi connectivity index (χ0v) is 17.7. The molecule has 0 spiro atoms. The first kappa shape index (κ1) is 23.6. The van der Waals surface area contributed by atoms with Crippen molar-refractivity contribution in [3.8, 4) is 0 Å². The molecule has 0 radical (unpaired) electrons. The van der Waals surface area contributed by atoms with Gasteiger partial charge in [0.1, 0.15) is 12.4 Å². The van der Waals surface area contributed by atoms with Crippen molar-refractivity contribution in [2.75, 3.05) is 49.6 Å². The average molecular weight is 445 g/mol. The van der Waals surface area contributed by atoms with E-state index in [1.807, 2.05) is 0 Å². The summed E-state index contributed by atoms with van der Waals surface area (Å²) in [5.41, 5.74) is 5.85. The maximum Gasteiger partial charge on any atom is 0.256 e. The summed E-state index contributed by atoms with van der Waals surface area (Å²) in [5.74, 6) is 3.88. The predicted molar refractivity (Wildman–Crippen MR) is 113 cm³/mol. The number of hydrogen-bond acceptors (Lipinski definition) is 8. The molecule has 1 aromatic carbocycles. The lowest BCUT2D eigenvalue weighted by atomic mass is 10.2. The molecule has 12 heteroatoms. The van der Waals surface area contributed by atoms with Crippen molar-refractivity contribution in [1.82, 2.24) is 10.2 Å². The van der Waals surface area contributed by atoms with E-state index in [1.54, 1.807) is 13.8 Å². The summed E-state index contributed by atoms with van der Waals surface area (Å²) in [6.45, 7) is 4.50. The van der Waals surface area contributed by atoms with Gasteiger partial charge in [-0.1, -0.05) is 0 Å². The highest BCUT2D eigenvalue weighted by Crippen LogP contribution is 2.30. The summed E-state index contributed by atoms with van der Waals surface area (Å²) in [4.78, 5) is 14.7. The monoisotopic (exact) mass is 444 g/mol. The van der Waals surface area contributed by atoms with Crippen LogP contribution in [0, 0.1) is 11.6 Å². The molecule has 1 fully saturated rings. The largest absolute Gasteiger partial charge is 0.471 e. The van der Waals surface area contributed by atoms with Gasteiger partial charge >= 0.3 is 0 Å². The molecule has 1 heterocycles. The zero-order chi connectivity index (χ0) is 22.3. The van der Waals surface area contributed by atoms with Gasteiger partial charge in [0.15, 0.2) is 11.6 Å². The van der Waals surface area contributed by atoms with Crippen LogP contribution in [0.3, 0.4) is 0 Å². The van der Waals surface area contributed by atoms with Crippen molar-refractivity contribution in [1.29, 1.82) is 0 Å². The van der Waals surface area contributed by atoms with E-state index in [4.69, 9.17) is 33.3 Å². The normalized spacial score (nSPS) is 14.3. The second-order valence-corrected chi connectivity index (χ2v) is 6.71. The van der Waals surface area contributed by atoms with E-state index >= 15 is 0 Å². The van der Waals surface area contributed by atoms with Gasteiger partial charge in [-0.2, -0.15) is 0 Å². The van der Waals surface area contributed by atoms with Crippen LogP contribution in [0.1, 0.15) is 13.8 Å². The third-order valence-corrected chi connectivity index (χ3v) is 4.37. The van der Waals surface area contributed by atoms with Gasteiger partial charge in [0.05, 0.1) is 32.1 Å². The number of thiocarbonyl (C=S) groups is 1. The van der Waals surface area contributed by atoms with Gasteiger partial charge < -0.3 is 30.3 Å². The number of nitrogens with one attached hydrogen (secondary N) is 1. The molecule has 0 aromatic heterocycles. The van der Waals surface area contributed by atoms with Gasteiger partial charge in [0.2, 0.25) is 5.91 Å². The number of carbonyl (C=O) groups excluding carboxylic acids is 1. The van der Waals surface area contributed by atoms with E-state index in [9.17, 15) is 13.6 Å². The number of nitrogens with zero attached hydrogens (tertiary/aromatic N) is 3. The van der Waals surface area contributed by atoms with E-state index in [1.165, 1.54) is 16.0 Å². The molecule has 30 heavy (non-hydrogen) atoms. The number of hydrogen-bond donors (Lipinski definition) is 3. The third-order valence-electron chi connectivity index (χ3n) is 4.10. The van der Waals surface area contributed by atoms with Crippen molar-refractivity contribution in [2.45, 2.75) is 13.8 Å². The standard InChI is InChI=1S/C18H26F2N6O3S/c1-3-28-11-25-10-24(9-16(25)27)17-14(19)5-13(6-15(17)20)26(22)8-12(21)7-23-18(30)29-4-2/h5-6,8H,3-4,7,9-11,21-22H2,1-2H3,(H,23,30)/b12-8-. The minimum absolute atomic E-state index is 0.0244. The maximum atomic E-state index is 14.7. The molecule has 1 saturated heterocycles. The number of anilines is 2. The molecule has 0 bridgehead atoms. The molecular weight excluding hydrogens is 418 g/mol. The van der Waals surface area contributed by atoms with E-state index in [0.29, 0.717) is 13.2 Å². The van der Waals surface area contributed by atoms with E-state index in [-0.39, 0.29) is 54.6 Å². The molecular formula is C18H26F2N6O3S. The first-order chi connectivity index (χ1) is 14.3. The molecule has 1 aromatic rings. The summed E-state index contributed by atoms with van der Waals surface area (Å²) in [6, 6.07) is 2.13. The third kappa shape index (κ3) is 6.15. The molecule has 2 rings (SSSR count). The summed E-state index contributed by atoms with van der Waals surface area (Å²) in [6.07, 6.45) is 1.30. The Morgan fingerprint density at radius 1 is 1.33 bits per heavy atom. The molecule has 0 aliphatic carbocycles. The van der Waals surface area contributed by atoms with Crippen LogP contribution in [0.15, 0.2) is 24.0 Å². The number of ether oxygens (including phenoxy) is 2. The number of rotatable bonds is 9. The lowest BCUT2D eigenvalue weighted by molar-refractivity contribution is -0.131. The topological polar surface area (TPSA) is 109 Å². The quantitative estimate of drug-likeness (QED) is 0.291. The summed E-state index contributed by atoms with van der Waals surface area (Å²) in [7, 11) is 0. The summed E-state index contributed by atoms with van der Waals surface area (Å²) >= 11 is 4.92. The summed E-state index contributed by atoms with van der Waals surface area (Å²) in [5, 5.41) is 3.94. The van der Waals surface area contributed by atoms with Crippen LogP contribution in [0.5, 0.6) is 0 Å². The van der Waals surface area contributed by atoms with Gasteiger partial charge in [-0.25, -0.2) is 14.6 Å². The number of carbonyl (C=O) groups is 1. The van der Waals surface area contributed by atoms with E-state index in [2.05, 4.69) is 5.32 Å². The SMILES string of the molecule is CCOCN1CN(c2c(F)cc(N(N)/C=C(\N)CNC(=S)OCC)cc2F)CC1=O. The lowest BCUT2D eigenvalue weighted by Crippen LogP contribution is -2.32. The molecule has 0 unspecified atom stereocenters. The fourth-order valence-electron chi connectivity index (χ4n) is 2.72. The van der Waals surface area contributed by atoms with E-state index in [0.717, 1.165) is 17.1 Å². The Labute approximate surface area is 179 Å². The van der Waals surface area contributed by atoms with Gasteiger partial charge in [0, 0.05) is 30.6 Å². The Kier molecular flexibility index (Phi) is 8.57. The fourth-order valence-corrected chi connectivity index (χ4v) is 2.91. The molecule has 5 N–H and O–H groups in total. The van der Waals surface area contributed by atoms with Crippen molar-refractivity contribution >= 4 is 34.7 Å². The predicted octanol–water partition coefficient (Wildman–Crippen LogP) is 0.956.